The molecule has 2 heterocycles. The van der Waals surface area contributed by atoms with Gasteiger partial charge in [-0.1, -0.05) is 41.9 Å². The van der Waals surface area contributed by atoms with Gasteiger partial charge >= 0.3 is 0 Å². The summed E-state index contributed by atoms with van der Waals surface area (Å²) in [6, 6.07) is 19.1. The van der Waals surface area contributed by atoms with Crippen molar-refractivity contribution in [2.45, 2.75) is 30.9 Å². The maximum atomic E-state index is 11.3. The number of aliphatic hydroxyl groups is 1. The molecule has 29 heavy (non-hydrogen) atoms. The van der Waals surface area contributed by atoms with E-state index in [-0.39, 0.29) is 0 Å². The molecule has 0 aliphatic carbocycles. The molecule has 3 nitrogen and oxygen atoms in total. The van der Waals surface area contributed by atoms with Gasteiger partial charge in [-0.25, -0.2) is 0 Å². The van der Waals surface area contributed by atoms with E-state index < -0.39 is 5.60 Å². The van der Waals surface area contributed by atoms with Gasteiger partial charge < -0.3 is 10.0 Å². The highest BCUT2D eigenvalue weighted by Gasteiger charge is 2.36. The first kappa shape index (κ1) is 20.8. The van der Waals surface area contributed by atoms with Gasteiger partial charge in [-0.15, -0.1) is 11.3 Å². The molecule has 1 aliphatic heterocycles. The number of halogens is 1. The Hall–Kier alpha value is -1.43. The predicted molar refractivity (Wildman–Crippen MR) is 124 cm³/mol. The average Bonchev–Trinajstić information content (AvgIpc) is 3.13. The fourth-order valence-electron chi connectivity index (χ4n) is 4.31. The normalized spacial score (nSPS) is 18.4. The quantitative estimate of drug-likeness (QED) is 0.559. The van der Waals surface area contributed by atoms with Crippen LogP contribution < -0.4 is 0 Å². The summed E-state index contributed by atoms with van der Waals surface area (Å²) in [6.45, 7) is 2.84. The molecule has 154 valence electrons. The van der Waals surface area contributed by atoms with Crippen LogP contribution in [-0.4, -0.2) is 48.6 Å². The van der Waals surface area contributed by atoms with Crippen molar-refractivity contribution in [3.8, 4) is 0 Å². The number of fused-ring (bicyclic) bond motifs is 1. The molecule has 0 saturated carbocycles. The van der Waals surface area contributed by atoms with Crippen LogP contribution in [0.2, 0.25) is 5.02 Å². The summed E-state index contributed by atoms with van der Waals surface area (Å²) in [6.07, 6.45) is 2.59. The molecule has 0 bridgehead atoms. The Morgan fingerprint density at radius 1 is 1.10 bits per heavy atom. The standard InChI is InChI=1S/C24H29ClN2OS/c1-26(2)14-11-21(23-17-18-5-3-4-6-22(18)29-23)27-15-12-24(28,13-16-27)19-7-9-20(25)10-8-19/h3-10,17,21,28H,11-16H2,1-2H3. The Morgan fingerprint density at radius 3 is 2.45 bits per heavy atom. The summed E-state index contributed by atoms with van der Waals surface area (Å²) < 4.78 is 1.35. The summed E-state index contributed by atoms with van der Waals surface area (Å²) >= 11 is 7.94. The average molecular weight is 429 g/mol. The first-order chi connectivity index (χ1) is 13.9. The maximum absolute atomic E-state index is 11.3. The molecule has 5 heteroatoms. The molecular formula is C24H29ClN2OS. The third-order valence-corrected chi connectivity index (χ3v) is 7.54. The van der Waals surface area contributed by atoms with E-state index in [0.29, 0.717) is 11.1 Å². The van der Waals surface area contributed by atoms with Crippen molar-refractivity contribution < 1.29 is 5.11 Å². The highest BCUT2D eigenvalue weighted by molar-refractivity contribution is 7.19. The van der Waals surface area contributed by atoms with Crippen molar-refractivity contribution in [3.05, 3.63) is 70.1 Å². The second-order valence-electron chi connectivity index (χ2n) is 8.37. The lowest BCUT2D eigenvalue weighted by Crippen LogP contribution is -2.44. The van der Waals surface area contributed by atoms with Crippen LogP contribution in [0.25, 0.3) is 10.1 Å². The highest BCUT2D eigenvalue weighted by atomic mass is 35.5. The Bertz CT molecular complexity index is 912. The van der Waals surface area contributed by atoms with E-state index in [9.17, 15) is 5.11 Å². The Kier molecular flexibility index (Phi) is 6.28. The van der Waals surface area contributed by atoms with Gasteiger partial charge in [-0.3, -0.25) is 4.90 Å². The monoisotopic (exact) mass is 428 g/mol. The van der Waals surface area contributed by atoms with Gasteiger partial charge in [-0.2, -0.15) is 0 Å². The third-order valence-electron chi connectivity index (χ3n) is 6.07. The Morgan fingerprint density at radius 2 is 1.79 bits per heavy atom. The minimum atomic E-state index is -0.757. The topological polar surface area (TPSA) is 26.7 Å². The molecule has 1 N–H and O–H groups in total. The number of piperidine rings is 1. The van der Waals surface area contributed by atoms with Crippen molar-refractivity contribution in [3.63, 3.8) is 0 Å². The summed E-state index contributed by atoms with van der Waals surface area (Å²) in [5.41, 5.74) is 0.223. The van der Waals surface area contributed by atoms with Crippen LogP contribution in [0.15, 0.2) is 54.6 Å². The maximum Gasteiger partial charge on any atom is 0.0920 e. The number of thiophene rings is 1. The zero-order valence-corrected chi connectivity index (χ0v) is 18.7. The van der Waals surface area contributed by atoms with E-state index in [1.165, 1.54) is 15.0 Å². The molecule has 1 aliphatic rings. The largest absolute Gasteiger partial charge is 0.385 e. The lowest BCUT2D eigenvalue weighted by molar-refractivity contribution is -0.0371. The van der Waals surface area contributed by atoms with E-state index >= 15 is 0 Å². The fourth-order valence-corrected chi connectivity index (χ4v) is 5.67. The fraction of sp³-hybridized carbons (Fsp3) is 0.417. The van der Waals surface area contributed by atoms with Gasteiger partial charge in [0.25, 0.3) is 0 Å². The molecule has 1 aromatic heterocycles. The third kappa shape index (κ3) is 4.68. The Balaban J connectivity index is 1.53. The molecule has 1 saturated heterocycles. The van der Waals surface area contributed by atoms with Crippen LogP contribution in [0.4, 0.5) is 0 Å². The number of likely N-dealkylation sites (tertiary alicyclic amines) is 1. The van der Waals surface area contributed by atoms with Gasteiger partial charge in [0.15, 0.2) is 0 Å². The first-order valence-electron chi connectivity index (χ1n) is 10.3. The summed E-state index contributed by atoms with van der Waals surface area (Å²) in [7, 11) is 4.27. The van der Waals surface area contributed by atoms with Crippen molar-refractivity contribution in [1.82, 2.24) is 9.80 Å². The summed E-state index contributed by atoms with van der Waals surface area (Å²) in [5.74, 6) is 0. The van der Waals surface area contributed by atoms with E-state index in [4.69, 9.17) is 11.6 Å². The zero-order chi connectivity index (χ0) is 20.4. The van der Waals surface area contributed by atoms with Gasteiger partial charge in [0.05, 0.1) is 5.60 Å². The van der Waals surface area contributed by atoms with Crippen molar-refractivity contribution in [1.29, 1.82) is 0 Å². The number of hydrogen-bond donors (Lipinski definition) is 1. The second kappa shape index (κ2) is 8.75. The molecule has 4 rings (SSSR count). The first-order valence-corrected chi connectivity index (χ1v) is 11.5. The van der Waals surface area contributed by atoms with E-state index in [2.05, 4.69) is 54.2 Å². The molecule has 1 fully saturated rings. The molecule has 0 spiro atoms. The highest BCUT2D eigenvalue weighted by Crippen LogP contribution is 2.40. The van der Waals surface area contributed by atoms with Gasteiger partial charge in [-0.05, 0) is 75.1 Å². The smallest absolute Gasteiger partial charge is 0.0920 e. The van der Waals surface area contributed by atoms with Crippen molar-refractivity contribution >= 4 is 33.0 Å². The van der Waals surface area contributed by atoms with Gasteiger partial charge in [0.2, 0.25) is 0 Å². The van der Waals surface area contributed by atoms with Crippen LogP contribution in [0.1, 0.15) is 35.7 Å². The lowest BCUT2D eigenvalue weighted by Gasteiger charge is -2.42. The molecule has 0 radical (unpaired) electrons. The van der Waals surface area contributed by atoms with E-state index in [1.807, 2.05) is 35.6 Å². The van der Waals surface area contributed by atoms with Crippen LogP contribution in [0, 0.1) is 0 Å². The van der Waals surface area contributed by atoms with Gasteiger partial charge in [0, 0.05) is 33.7 Å². The number of rotatable bonds is 6. The van der Waals surface area contributed by atoms with E-state index in [0.717, 1.165) is 44.5 Å². The number of benzene rings is 2. The minimum Gasteiger partial charge on any atom is -0.385 e. The van der Waals surface area contributed by atoms with Crippen LogP contribution in [-0.2, 0) is 5.60 Å². The lowest BCUT2D eigenvalue weighted by atomic mass is 9.84. The zero-order valence-electron chi connectivity index (χ0n) is 17.1. The molecule has 3 aromatic rings. The molecule has 1 unspecified atom stereocenters. The van der Waals surface area contributed by atoms with Gasteiger partial charge in [0.1, 0.15) is 0 Å². The second-order valence-corrected chi connectivity index (χ2v) is 9.92. The molecule has 2 aromatic carbocycles. The molecule has 1 atom stereocenters. The van der Waals surface area contributed by atoms with Crippen molar-refractivity contribution in [2.75, 3.05) is 33.7 Å². The molecular weight excluding hydrogens is 400 g/mol. The minimum absolute atomic E-state index is 0.393. The van der Waals surface area contributed by atoms with Crippen LogP contribution >= 0.6 is 22.9 Å². The van der Waals surface area contributed by atoms with E-state index in [1.54, 1.807) is 0 Å². The SMILES string of the molecule is CN(C)CCC(c1cc2ccccc2s1)N1CCC(O)(c2ccc(Cl)cc2)CC1. The van der Waals surface area contributed by atoms with Crippen molar-refractivity contribution in [2.24, 2.45) is 0 Å². The molecule has 0 amide bonds. The predicted octanol–water partition coefficient (Wildman–Crippen LogP) is 5.53. The van der Waals surface area contributed by atoms with Crippen LogP contribution in [0.3, 0.4) is 0 Å². The summed E-state index contributed by atoms with van der Waals surface area (Å²) in [4.78, 5) is 6.26. The number of hydrogen-bond acceptors (Lipinski definition) is 4. The van der Waals surface area contributed by atoms with Crippen LogP contribution in [0.5, 0.6) is 0 Å². The number of nitrogens with zero attached hydrogens (tertiary/aromatic N) is 2. The Labute approximate surface area is 182 Å². The summed E-state index contributed by atoms with van der Waals surface area (Å²) in [5, 5.41) is 13.3.